The van der Waals surface area contributed by atoms with Gasteiger partial charge in [0.2, 0.25) is 0 Å². The van der Waals surface area contributed by atoms with Gasteiger partial charge in [-0.1, -0.05) is 36.4 Å². The van der Waals surface area contributed by atoms with Crippen LogP contribution in [0.25, 0.3) is 10.8 Å². The standard InChI is InChI=1S/C19H20N6/c1-25(2)10-9-20-18-16-19(22-12-21-16)24-17(23-18)15-8-7-13-5-3-4-6-14(13)11-15/h3-8,11-12,16H,9-10H2,1-2H3,(H,20,21,22,23,24). The molecule has 126 valence electrons. The number of likely N-dealkylation sites (N-methyl/N-ethyl adjacent to an activating group) is 1. The normalized spacial score (nSPS) is 20.6. The number of fused-ring (bicyclic) bond motifs is 2. The van der Waals surface area contributed by atoms with Gasteiger partial charge in [-0.15, -0.1) is 0 Å². The van der Waals surface area contributed by atoms with E-state index >= 15 is 0 Å². The maximum Gasteiger partial charge on any atom is 0.168 e. The molecule has 0 aliphatic carbocycles. The van der Waals surface area contributed by atoms with E-state index < -0.39 is 0 Å². The fraction of sp³-hybridized carbons (Fsp3) is 0.263. The van der Waals surface area contributed by atoms with Crippen LogP contribution in [-0.2, 0) is 0 Å². The Labute approximate surface area is 146 Å². The molecule has 6 nitrogen and oxygen atoms in total. The summed E-state index contributed by atoms with van der Waals surface area (Å²) >= 11 is 0. The van der Waals surface area contributed by atoms with Crippen molar-refractivity contribution in [2.45, 2.75) is 6.04 Å². The van der Waals surface area contributed by atoms with Crippen LogP contribution in [0.15, 0.2) is 62.4 Å². The predicted molar refractivity (Wildman–Crippen MR) is 104 cm³/mol. The lowest BCUT2D eigenvalue weighted by Gasteiger charge is -2.21. The maximum absolute atomic E-state index is 4.74. The number of nitrogens with zero attached hydrogens (tertiary/aromatic N) is 5. The van der Waals surface area contributed by atoms with Crippen LogP contribution in [0.5, 0.6) is 0 Å². The fourth-order valence-corrected chi connectivity index (χ4v) is 2.88. The number of benzene rings is 2. The van der Waals surface area contributed by atoms with Crippen molar-refractivity contribution in [3.8, 4) is 0 Å². The first-order valence-corrected chi connectivity index (χ1v) is 8.34. The molecule has 1 unspecified atom stereocenters. The van der Waals surface area contributed by atoms with Crippen LogP contribution in [-0.4, -0.2) is 62.0 Å². The van der Waals surface area contributed by atoms with E-state index in [0.717, 1.165) is 29.6 Å². The highest BCUT2D eigenvalue weighted by Gasteiger charge is 2.30. The van der Waals surface area contributed by atoms with Gasteiger partial charge >= 0.3 is 0 Å². The minimum absolute atomic E-state index is 0.202. The summed E-state index contributed by atoms with van der Waals surface area (Å²) in [5.41, 5.74) is 1.02. The molecule has 0 amide bonds. The minimum atomic E-state index is -0.202. The van der Waals surface area contributed by atoms with E-state index in [4.69, 9.17) is 4.99 Å². The Morgan fingerprint density at radius 1 is 1.12 bits per heavy atom. The zero-order valence-corrected chi connectivity index (χ0v) is 14.3. The number of rotatable bonds is 4. The third-order valence-electron chi connectivity index (χ3n) is 4.23. The molecular formula is C19H20N6. The summed E-state index contributed by atoms with van der Waals surface area (Å²) in [6.07, 6.45) is 1.58. The van der Waals surface area contributed by atoms with Crippen molar-refractivity contribution in [1.82, 2.24) is 10.2 Å². The Hall–Kier alpha value is -2.86. The second-order valence-electron chi connectivity index (χ2n) is 6.37. The monoisotopic (exact) mass is 332 g/mol. The first-order valence-electron chi connectivity index (χ1n) is 8.34. The van der Waals surface area contributed by atoms with E-state index in [-0.39, 0.29) is 6.04 Å². The Morgan fingerprint density at radius 3 is 2.80 bits per heavy atom. The molecule has 4 rings (SSSR count). The summed E-state index contributed by atoms with van der Waals surface area (Å²) in [6, 6.07) is 14.4. The summed E-state index contributed by atoms with van der Waals surface area (Å²) in [5.74, 6) is 2.29. The average molecular weight is 332 g/mol. The summed E-state index contributed by atoms with van der Waals surface area (Å²) in [4.78, 5) is 20.2. The number of aliphatic imine (C=N–C) groups is 4. The largest absolute Gasteiger partial charge is 0.326 e. The second-order valence-corrected chi connectivity index (χ2v) is 6.37. The van der Waals surface area contributed by atoms with Gasteiger partial charge < -0.3 is 10.2 Å². The predicted octanol–water partition coefficient (Wildman–Crippen LogP) is 1.96. The lowest BCUT2D eigenvalue weighted by molar-refractivity contribution is 0.420. The van der Waals surface area contributed by atoms with E-state index in [2.05, 4.69) is 55.5 Å². The first-order chi connectivity index (χ1) is 12.2. The minimum Gasteiger partial charge on any atom is -0.326 e. The van der Waals surface area contributed by atoms with Gasteiger partial charge in [-0.25, -0.2) is 9.98 Å². The van der Waals surface area contributed by atoms with Gasteiger partial charge in [-0.2, -0.15) is 0 Å². The van der Waals surface area contributed by atoms with E-state index in [0.29, 0.717) is 6.54 Å². The van der Waals surface area contributed by atoms with Crippen molar-refractivity contribution in [2.24, 2.45) is 20.0 Å². The van der Waals surface area contributed by atoms with Crippen molar-refractivity contribution in [2.75, 3.05) is 27.2 Å². The molecule has 1 atom stereocenters. The molecule has 2 heterocycles. The molecule has 0 spiro atoms. The van der Waals surface area contributed by atoms with Crippen LogP contribution in [0.1, 0.15) is 5.56 Å². The fourth-order valence-electron chi connectivity index (χ4n) is 2.88. The van der Waals surface area contributed by atoms with Gasteiger partial charge in [0.25, 0.3) is 0 Å². The van der Waals surface area contributed by atoms with Gasteiger partial charge in [-0.05, 0) is 30.9 Å². The molecule has 2 aromatic carbocycles. The molecule has 2 aliphatic rings. The second kappa shape index (κ2) is 6.57. The Morgan fingerprint density at radius 2 is 1.96 bits per heavy atom. The summed E-state index contributed by atoms with van der Waals surface area (Å²) < 4.78 is 0. The molecule has 0 fully saturated rings. The summed E-state index contributed by atoms with van der Waals surface area (Å²) in [5, 5.41) is 5.70. The molecule has 0 aromatic heterocycles. The van der Waals surface area contributed by atoms with E-state index in [9.17, 15) is 0 Å². The SMILES string of the molecule is CN(C)CCN=C1N=C(c2ccc3ccccc3c2)NC2=NC=NC12. The average Bonchev–Trinajstić information content (AvgIpc) is 3.09. The molecule has 0 saturated heterocycles. The van der Waals surface area contributed by atoms with Gasteiger partial charge in [0, 0.05) is 12.1 Å². The van der Waals surface area contributed by atoms with Crippen molar-refractivity contribution < 1.29 is 0 Å². The molecular weight excluding hydrogens is 312 g/mol. The van der Waals surface area contributed by atoms with Gasteiger partial charge in [0.15, 0.2) is 11.9 Å². The zero-order valence-electron chi connectivity index (χ0n) is 14.3. The lowest BCUT2D eigenvalue weighted by Crippen LogP contribution is -2.45. The summed E-state index contributed by atoms with van der Waals surface area (Å²) in [6.45, 7) is 1.57. The lowest BCUT2D eigenvalue weighted by atomic mass is 10.1. The highest BCUT2D eigenvalue weighted by molar-refractivity contribution is 6.28. The first kappa shape index (κ1) is 15.7. The maximum atomic E-state index is 4.74. The van der Waals surface area contributed by atoms with Crippen molar-refractivity contribution in [3.63, 3.8) is 0 Å². The highest BCUT2D eigenvalue weighted by Crippen LogP contribution is 2.18. The molecule has 0 saturated carbocycles. The van der Waals surface area contributed by atoms with Gasteiger partial charge in [0.05, 0.1) is 6.54 Å². The van der Waals surface area contributed by atoms with Crippen LogP contribution in [0, 0.1) is 0 Å². The zero-order chi connectivity index (χ0) is 17.2. The third kappa shape index (κ3) is 3.21. The van der Waals surface area contributed by atoms with E-state index in [1.165, 1.54) is 10.8 Å². The molecule has 6 heteroatoms. The van der Waals surface area contributed by atoms with Gasteiger partial charge in [0.1, 0.15) is 18.0 Å². The molecule has 0 radical (unpaired) electrons. The van der Waals surface area contributed by atoms with Crippen LogP contribution in [0.3, 0.4) is 0 Å². The highest BCUT2D eigenvalue weighted by atomic mass is 15.2. The van der Waals surface area contributed by atoms with Crippen LogP contribution in [0.4, 0.5) is 0 Å². The summed E-state index contributed by atoms with van der Waals surface area (Å²) in [7, 11) is 4.07. The quantitative estimate of drug-likeness (QED) is 0.930. The van der Waals surface area contributed by atoms with Crippen molar-refractivity contribution in [1.29, 1.82) is 0 Å². The number of hydrogen-bond acceptors (Lipinski definition) is 5. The molecule has 2 aromatic rings. The van der Waals surface area contributed by atoms with Crippen molar-refractivity contribution in [3.05, 3.63) is 48.0 Å². The van der Waals surface area contributed by atoms with E-state index in [1.807, 2.05) is 26.2 Å². The molecule has 0 bridgehead atoms. The Bertz CT molecular complexity index is 922. The topological polar surface area (TPSA) is 64.7 Å². The van der Waals surface area contributed by atoms with Crippen LogP contribution in [0.2, 0.25) is 0 Å². The number of nitrogens with one attached hydrogen (secondary N) is 1. The molecule has 2 aliphatic heterocycles. The van der Waals surface area contributed by atoms with Crippen LogP contribution < -0.4 is 5.32 Å². The Balaban J connectivity index is 1.69. The van der Waals surface area contributed by atoms with Crippen molar-refractivity contribution >= 4 is 34.6 Å². The third-order valence-corrected chi connectivity index (χ3v) is 4.23. The molecule has 25 heavy (non-hydrogen) atoms. The van der Waals surface area contributed by atoms with Gasteiger partial charge in [-0.3, -0.25) is 9.98 Å². The number of hydrogen-bond donors (Lipinski definition) is 1. The van der Waals surface area contributed by atoms with E-state index in [1.54, 1.807) is 6.34 Å². The smallest absolute Gasteiger partial charge is 0.168 e. The number of amidine groups is 3. The van der Waals surface area contributed by atoms with Crippen LogP contribution >= 0.6 is 0 Å². The molecule has 1 N–H and O–H groups in total. The Kier molecular flexibility index (Phi) is 4.11.